The summed E-state index contributed by atoms with van der Waals surface area (Å²) in [6, 6.07) is 0.712. The van der Waals surface area contributed by atoms with Crippen LogP contribution in [-0.4, -0.2) is 53.5 Å². The van der Waals surface area contributed by atoms with E-state index in [-0.39, 0.29) is 5.91 Å². The van der Waals surface area contributed by atoms with Crippen LogP contribution in [0.2, 0.25) is 0 Å². The molecule has 0 unspecified atom stereocenters. The van der Waals surface area contributed by atoms with Crippen molar-refractivity contribution in [1.82, 2.24) is 9.80 Å². The zero-order valence-corrected chi connectivity index (χ0v) is 11.9. The highest BCUT2D eigenvalue weighted by atomic mass is 16.2. The largest absolute Gasteiger partial charge is 0.341 e. The predicted molar refractivity (Wildman–Crippen MR) is 75.8 cm³/mol. The minimum Gasteiger partial charge on any atom is -0.341 e. The number of piperidine rings is 1. The monoisotopic (exact) mass is 265 g/mol. The van der Waals surface area contributed by atoms with E-state index in [0.717, 1.165) is 51.6 Å². The fourth-order valence-corrected chi connectivity index (χ4v) is 4.08. The molecule has 3 fully saturated rings. The second-order valence-corrected chi connectivity index (χ2v) is 6.63. The number of hydrogen-bond acceptors (Lipinski definition) is 3. The van der Waals surface area contributed by atoms with Crippen LogP contribution in [0.4, 0.5) is 0 Å². The molecule has 1 aliphatic carbocycles. The molecule has 0 aromatic rings. The van der Waals surface area contributed by atoms with Crippen molar-refractivity contribution in [1.29, 1.82) is 0 Å². The maximum Gasteiger partial charge on any atom is 0.242 e. The average Bonchev–Trinajstić information content (AvgIpc) is 3.10. The van der Waals surface area contributed by atoms with Gasteiger partial charge in [0.25, 0.3) is 0 Å². The van der Waals surface area contributed by atoms with E-state index in [9.17, 15) is 4.79 Å². The van der Waals surface area contributed by atoms with Crippen molar-refractivity contribution in [2.45, 2.75) is 62.9 Å². The Hall–Kier alpha value is -0.610. The third-order valence-electron chi connectivity index (χ3n) is 5.33. The first-order chi connectivity index (χ1) is 9.19. The van der Waals surface area contributed by atoms with Gasteiger partial charge in [0.2, 0.25) is 5.91 Å². The van der Waals surface area contributed by atoms with Crippen molar-refractivity contribution < 1.29 is 4.79 Å². The van der Waals surface area contributed by atoms with Gasteiger partial charge in [-0.3, -0.25) is 4.79 Å². The topological polar surface area (TPSA) is 49.6 Å². The molecule has 2 aliphatic heterocycles. The van der Waals surface area contributed by atoms with E-state index in [1.807, 2.05) is 4.90 Å². The first kappa shape index (κ1) is 13.4. The molecule has 2 saturated heterocycles. The van der Waals surface area contributed by atoms with Crippen molar-refractivity contribution in [3.63, 3.8) is 0 Å². The number of amides is 1. The van der Waals surface area contributed by atoms with E-state index in [4.69, 9.17) is 5.73 Å². The molecular weight excluding hydrogens is 238 g/mol. The van der Waals surface area contributed by atoms with E-state index in [1.54, 1.807) is 0 Å². The number of nitrogens with zero attached hydrogens (tertiary/aromatic N) is 2. The standard InChI is InChI=1S/C15H27N3O/c16-15(7-1-2-8-15)14(19)18-11-5-13(6-12-18)17-9-3-4-10-17/h13H,1-12,16H2. The van der Waals surface area contributed by atoms with Crippen LogP contribution >= 0.6 is 0 Å². The lowest BCUT2D eigenvalue weighted by molar-refractivity contribution is -0.138. The lowest BCUT2D eigenvalue weighted by Gasteiger charge is -2.39. The van der Waals surface area contributed by atoms with Gasteiger partial charge < -0.3 is 15.5 Å². The Balaban J connectivity index is 1.53. The molecule has 3 rings (SSSR count). The van der Waals surface area contributed by atoms with Crippen molar-refractivity contribution in [2.24, 2.45) is 5.73 Å². The van der Waals surface area contributed by atoms with Gasteiger partial charge in [0.1, 0.15) is 0 Å². The number of likely N-dealkylation sites (tertiary alicyclic amines) is 2. The van der Waals surface area contributed by atoms with Gasteiger partial charge in [-0.05, 0) is 51.6 Å². The summed E-state index contributed by atoms with van der Waals surface area (Å²) in [7, 11) is 0. The van der Waals surface area contributed by atoms with E-state index in [0.29, 0.717) is 6.04 Å². The van der Waals surface area contributed by atoms with Gasteiger partial charge in [-0.2, -0.15) is 0 Å². The van der Waals surface area contributed by atoms with Gasteiger partial charge in [-0.1, -0.05) is 12.8 Å². The minimum atomic E-state index is -0.527. The summed E-state index contributed by atoms with van der Waals surface area (Å²) < 4.78 is 0. The number of hydrogen-bond donors (Lipinski definition) is 1. The summed E-state index contributed by atoms with van der Waals surface area (Å²) >= 11 is 0. The molecule has 0 bridgehead atoms. The molecule has 0 aromatic carbocycles. The van der Waals surface area contributed by atoms with Gasteiger partial charge in [-0.25, -0.2) is 0 Å². The predicted octanol–water partition coefficient (Wildman–Crippen LogP) is 1.34. The summed E-state index contributed by atoms with van der Waals surface area (Å²) in [6.07, 6.45) is 8.99. The molecule has 3 aliphatic rings. The smallest absolute Gasteiger partial charge is 0.242 e. The van der Waals surface area contributed by atoms with E-state index < -0.39 is 5.54 Å². The first-order valence-corrected chi connectivity index (χ1v) is 8.01. The summed E-state index contributed by atoms with van der Waals surface area (Å²) in [5.41, 5.74) is 5.76. The van der Waals surface area contributed by atoms with Gasteiger partial charge >= 0.3 is 0 Å². The number of rotatable bonds is 2. The Kier molecular flexibility index (Phi) is 3.81. The molecule has 1 amide bonds. The van der Waals surface area contributed by atoms with Crippen molar-refractivity contribution in [3.05, 3.63) is 0 Å². The first-order valence-electron chi connectivity index (χ1n) is 8.01. The van der Waals surface area contributed by atoms with Gasteiger partial charge in [-0.15, -0.1) is 0 Å². The van der Waals surface area contributed by atoms with Crippen LogP contribution in [0.5, 0.6) is 0 Å². The minimum absolute atomic E-state index is 0.227. The molecule has 0 radical (unpaired) electrons. The fourth-order valence-electron chi connectivity index (χ4n) is 4.08. The molecule has 2 heterocycles. The lowest BCUT2D eigenvalue weighted by Crippen LogP contribution is -2.56. The van der Waals surface area contributed by atoms with Crippen LogP contribution in [0.25, 0.3) is 0 Å². The van der Waals surface area contributed by atoms with E-state index in [2.05, 4.69) is 4.90 Å². The highest BCUT2D eigenvalue weighted by Gasteiger charge is 2.41. The summed E-state index contributed by atoms with van der Waals surface area (Å²) in [6.45, 7) is 4.36. The van der Waals surface area contributed by atoms with Crippen LogP contribution in [0.1, 0.15) is 51.4 Å². The molecule has 1 saturated carbocycles. The molecule has 0 atom stereocenters. The van der Waals surface area contributed by atoms with Gasteiger partial charge in [0.15, 0.2) is 0 Å². The molecular formula is C15H27N3O. The molecule has 19 heavy (non-hydrogen) atoms. The lowest BCUT2D eigenvalue weighted by atomic mass is 9.94. The normalized spacial score (nSPS) is 29.0. The second kappa shape index (κ2) is 5.41. The molecule has 0 spiro atoms. The quantitative estimate of drug-likeness (QED) is 0.820. The van der Waals surface area contributed by atoms with Crippen molar-refractivity contribution >= 4 is 5.91 Å². The van der Waals surface area contributed by atoms with Crippen LogP contribution in [-0.2, 0) is 4.79 Å². The van der Waals surface area contributed by atoms with Crippen LogP contribution in [0, 0.1) is 0 Å². The zero-order valence-electron chi connectivity index (χ0n) is 11.9. The summed E-state index contributed by atoms with van der Waals surface area (Å²) in [5.74, 6) is 0.227. The molecule has 2 N–H and O–H groups in total. The highest BCUT2D eigenvalue weighted by Crippen LogP contribution is 2.30. The van der Waals surface area contributed by atoms with Crippen LogP contribution in [0.15, 0.2) is 0 Å². The Morgan fingerprint density at radius 3 is 2.11 bits per heavy atom. The Morgan fingerprint density at radius 2 is 1.53 bits per heavy atom. The number of carbonyl (C=O) groups is 1. The summed E-state index contributed by atoms with van der Waals surface area (Å²) in [4.78, 5) is 17.2. The molecule has 108 valence electrons. The third-order valence-corrected chi connectivity index (χ3v) is 5.33. The van der Waals surface area contributed by atoms with Crippen molar-refractivity contribution in [3.8, 4) is 0 Å². The van der Waals surface area contributed by atoms with Gasteiger partial charge in [0, 0.05) is 19.1 Å². The average molecular weight is 265 g/mol. The second-order valence-electron chi connectivity index (χ2n) is 6.63. The molecule has 4 heteroatoms. The third kappa shape index (κ3) is 2.65. The maximum atomic E-state index is 12.5. The van der Waals surface area contributed by atoms with Crippen LogP contribution in [0.3, 0.4) is 0 Å². The van der Waals surface area contributed by atoms with Crippen LogP contribution < -0.4 is 5.73 Å². The SMILES string of the molecule is NC1(C(=O)N2CCC(N3CCCC3)CC2)CCCC1. The Labute approximate surface area is 116 Å². The zero-order chi connectivity index (χ0) is 13.3. The van der Waals surface area contributed by atoms with E-state index in [1.165, 1.54) is 25.9 Å². The highest BCUT2D eigenvalue weighted by molar-refractivity contribution is 5.86. The number of nitrogens with two attached hydrogens (primary N) is 1. The Morgan fingerprint density at radius 1 is 0.947 bits per heavy atom. The van der Waals surface area contributed by atoms with Gasteiger partial charge in [0.05, 0.1) is 5.54 Å². The van der Waals surface area contributed by atoms with E-state index >= 15 is 0 Å². The maximum absolute atomic E-state index is 12.5. The summed E-state index contributed by atoms with van der Waals surface area (Å²) in [5, 5.41) is 0. The molecule has 4 nitrogen and oxygen atoms in total. The Bertz CT molecular complexity index is 324. The number of carbonyl (C=O) groups excluding carboxylic acids is 1. The molecule has 0 aromatic heterocycles. The fraction of sp³-hybridized carbons (Fsp3) is 0.933. The van der Waals surface area contributed by atoms with Crippen molar-refractivity contribution in [2.75, 3.05) is 26.2 Å².